The summed E-state index contributed by atoms with van der Waals surface area (Å²) in [6.07, 6.45) is 1.48. The molecular weight excluding hydrogens is 560 g/mol. The highest BCUT2D eigenvalue weighted by Gasteiger charge is 2.61. The van der Waals surface area contributed by atoms with Crippen LogP contribution in [0.3, 0.4) is 0 Å². The minimum atomic E-state index is -0.982. The molecule has 0 bridgehead atoms. The number of hydrogen-bond acceptors (Lipinski definition) is 12. The number of thioether (sulfide) groups is 1. The third-order valence-corrected chi connectivity index (χ3v) is 8.33. The van der Waals surface area contributed by atoms with Gasteiger partial charge in [0, 0.05) is 24.3 Å². The Morgan fingerprint density at radius 3 is 2.10 bits per heavy atom. The van der Waals surface area contributed by atoms with Crippen molar-refractivity contribution in [3.05, 3.63) is 91.8 Å². The molecule has 16 heteroatoms. The number of rotatable bonds is 10. The van der Waals surface area contributed by atoms with E-state index in [4.69, 9.17) is 9.47 Å². The summed E-state index contributed by atoms with van der Waals surface area (Å²) in [6.45, 7) is 1.51. The normalized spacial score (nSPS) is 21.1. The maximum atomic E-state index is 13.3. The topological polar surface area (TPSA) is 190 Å². The molecular formula is C25H22N6O9S. The van der Waals surface area contributed by atoms with Crippen molar-refractivity contribution in [1.29, 1.82) is 0 Å². The van der Waals surface area contributed by atoms with Gasteiger partial charge in [0.2, 0.25) is 5.91 Å². The summed E-state index contributed by atoms with van der Waals surface area (Å²) in [5.74, 6) is -1.60. The second kappa shape index (κ2) is 11.0. The van der Waals surface area contributed by atoms with Crippen LogP contribution in [0.1, 0.15) is 35.0 Å². The number of nitrogens with zero attached hydrogens (tertiary/aromatic N) is 6. The largest absolute Gasteiger partial charge is 0.459 e. The number of nitro benzene ring substituents is 2. The SMILES string of the molecule is C[C@@]1(Cn2nncc2C(=O)OCc2ccc([N+](=O)[O-])cc2)S[C@H]2CC(=O)N2[C@H]1C(=O)OCc1ccc([N+](=O)[O-])cc1. The first-order valence-electron chi connectivity index (χ1n) is 12.2. The predicted molar refractivity (Wildman–Crippen MR) is 140 cm³/mol. The first kappa shape index (κ1) is 27.7. The number of fused-ring (bicyclic) bond motifs is 1. The Morgan fingerprint density at radius 1 is 1.00 bits per heavy atom. The average Bonchev–Trinajstić information content (AvgIpc) is 3.50. The highest BCUT2D eigenvalue weighted by molar-refractivity contribution is 8.01. The van der Waals surface area contributed by atoms with Crippen LogP contribution in [0, 0.1) is 20.2 Å². The van der Waals surface area contributed by atoms with E-state index < -0.39 is 32.6 Å². The molecule has 2 fully saturated rings. The fraction of sp³-hybridized carbons (Fsp3) is 0.320. The summed E-state index contributed by atoms with van der Waals surface area (Å²) >= 11 is 1.40. The molecule has 0 radical (unpaired) electrons. The van der Waals surface area contributed by atoms with E-state index in [0.717, 1.165) is 0 Å². The van der Waals surface area contributed by atoms with E-state index in [0.29, 0.717) is 11.1 Å². The third-order valence-electron chi connectivity index (χ3n) is 6.77. The molecule has 0 unspecified atom stereocenters. The first-order valence-corrected chi connectivity index (χ1v) is 13.1. The predicted octanol–water partition coefficient (Wildman–Crippen LogP) is 2.63. The second-order valence-corrected chi connectivity index (χ2v) is 11.3. The Morgan fingerprint density at radius 2 is 1.56 bits per heavy atom. The Hall–Kier alpha value is -4.86. The van der Waals surface area contributed by atoms with E-state index in [2.05, 4.69) is 10.3 Å². The highest BCUT2D eigenvalue weighted by atomic mass is 32.2. The van der Waals surface area contributed by atoms with E-state index in [1.165, 1.54) is 76.1 Å². The lowest BCUT2D eigenvalue weighted by molar-refractivity contribution is -0.385. The van der Waals surface area contributed by atoms with E-state index in [1.54, 1.807) is 6.92 Å². The molecule has 1 aromatic heterocycles. The van der Waals surface area contributed by atoms with Crippen LogP contribution in [0.5, 0.6) is 0 Å². The van der Waals surface area contributed by atoms with Crippen LogP contribution in [0.25, 0.3) is 0 Å². The van der Waals surface area contributed by atoms with Crippen molar-refractivity contribution in [2.45, 2.75) is 49.3 Å². The quantitative estimate of drug-likeness (QED) is 0.147. The fourth-order valence-electron chi connectivity index (χ4n) is 4.68. The van der Waals surface area contributed by atoms with Gasteiger partial charge in [-0.1, -0.05) is 5.21 Å². The number of benzene rings is 2. The van der Waals surface area contributed by atoms with Crippen LogP contribution >= 0.6 is 11.8 Å². The molecule has 0 aliphatic carbocycles. The van der Waals surface area contributed by atoms with Gasteiger partial charge in [-0.15, -0.1) is 16.9 Å². The van der Waals surface area contributed by atoms with Gasteiger partial charge in [-0.2, -0.15) is 0 Å². The standard InChI is InChI=1S/C25H22N6O9S/c1-25(14-28-19(11-26-27-28)23(33)39-12-15-2-6-17(7-3-15)30(35)36)22(29-20(32)10-21(29)41-25)24(34)40-13-16-4-8-18(9-5-16)31(37)38/h2-9,11,21-22H,10,12-14H2,1H3/t21-,22-,25-/m0/s1. The van der Waals surface area contributed by atoms with Crippen LogP contribution < -0.4 is 0 Å². The monoisotopic (exact) mass is 582 g/mol. The molecule has 3 atom stereocenters. The van der Waals surface area contributed by atoms with Crippen LogP contribution in [0.15, 0.2) is 54.7 Å². The van der Waals surface area contributed by atoms with Gasteiger partial charge in [-0.3, -0.25) is 25.0 Å². The first-order chi connectivity index (χ1) is 19.6. The number of hydrogen-bond donors (Lipinski definition) is 0. The van der Waals surface area contributed by atoms with Crippen LogP contribution in [0.4, 0.5) is 11.4 Å². The third kappa shape index (κ3) is 5.58. The van der Waals surface area contributed by atoms with E-state index in [1.807, 2.05) is 0 Å². The van der Waals surface area contributed by atoms with Crippen LogP contribution in [0.2, 0.25) is 0 Å². The zero-order valence-electron chi connectivity index (χ0n) is 21.4. The number of carbonyl (C=O) groups excluding carboxylic acids is 3. The summed E-state index contributed by atoms with van der Waals surface area (Å²) in [5, 5.41) is 29.3. The van der Waals surface area contributed by atoms with Gasteiger partial charge in [0.15, 0.2) is 5.69 Å². The van der Waals surface area contributed by atoms with Crippen molar-refractivity contribution in [3.8, 4) is 0 Å². The second-order valence-electron chi connectivity index (χ2n) is 9.60. The lowest BCUT2D eigenvalue weighted by atomic mass is 9.96. The number of carbonyl (C=O) groups is 3. The van der Waals surface area contributed by atoms with Gasteiger partial charge in [0.05, 0.1) is 39.1 Å². The zero-order valence-corrected chi connectivity index (χ0v) is 22.3. The van der Waals surface area contributed by atoms with Gasteiger partial charge in [0.25, 0.3) is 11.4 Å². The number of amides is 1. The average molecular weight is 583 g/mol. The Labute approximate surface area is 235 Å². The minimum Gasteiger partial charge on any atom is -0.459 e. The van der Waals surface area contributed by atoms with Crippen molar-refractivity contribution in [3.63, 3.8) is 0 Å². The molecule has 5 rings (SSSR count). The van der Waals surface area contributed by atoms with Crippen molar-refractivity contribution >= 4 is 41.0 Å². The minimum absolute atomic E-state index is 0.0207. The maximum absolute atomic E-state index is 13.3. The molecule has 0 spiro atoms. The zero-order chi connectivity index (χ0) is 29.3. The molecule has 41 heavy (non-hydrogen) atoms. The van der Waals surface area contributed by atoms with Crippen LogP contribution in [-0.2, 0) is 38.8 Å². The molecule has 2 aliphatic heterocycles. The van der Waals surface area contributed by atoms with Crippen molar-refractivity contribution in [2.24, 2.45) is 0 Å². The summed E-state index contributed by atoms with van der Waals surface area (Å²) in [4.78, 5) is 60.7. The number of non-ortho nitro benzene ring substituents is 2. The molecule has 15 nitrogen and oxygen atoms in total. The Kier molecular flexibility index (Phi) is 7.40. The number of β-lactam (4-membered cyclic amide) rings is 1. The molecule has 0 saturated carbocycles. The van der Waals surface area contributed by atoms with Crippen molar-refractivity contribution < 1.29 is 33.7 Å². The molecule has 2 saturated heterocycles. The van der Waals surface area contributed by atoms with Gasteiger partial charge in [0.1, 0.15) is 19.3 Å². The smallest absolute Gasteiger partial charge is 0.358 e. The molecule has 0 N–H and O–H groups in total. The summed E-state index contributed by atoms with van der Waals surface area (Å²) in [5.41, 5.74) is 0.918. The maximum Gasteiger partial charge on any atom is 0.358 e. The lowest BCUT2D eigenvalue weighted by Crippen LogP contribution is -2.58. The summed E-state index contributed by atoms with van der Waals surface area (Å²) in [7, 11) is 0. The summed E-state index contributed by atoms with van der Waals surface area (Å²) in [6, 6.07) is 10.2. The number of ether oxygens (including phenoxy) is 2. The highest BCUT2D eigenvalue weighted by Crippen LogP contribution is 2.52. The van der Waals surface area contributed by atoms with Crippen LogP contribution in [-0.4, -0.2) is 63.7 Å². The Bertz CT molecular complexity index is 1530. The number of esters is 2. The molecule has 3 aromatic rings. The lowest BCUT2D eigenvalue weighted by Gasteiger charge is -2.37. The van der Waals surface area contributed by atoms with Crippen molar-refractivity contribution in [1.82, 2.24) is 19.9 Å². The van der Waals surface area contributed by atoms with E-state index in [-0.39, 0.29) is 54.5 Å². The van der Waals surface area contributed by atoms with Gasteiger partial charge in [-0.05, 0) is 42.3 Å². The van der Waals surface area contributed by atoms with Crippen molar-refractivity contribution in [2.75, 3.05) is 0 Å². The molecule has 2 aromatic carbocycles. The molecule has 1 amide bonds. The van der Waals surface area contributed by atoms with E-state index in [9.17, 15) is 34.6 Å². The molecule has 3 heterocycles. The van der Waals surface area contributed by atoms with Gasteiger partial charge in [-0.25, -0.2) is 14.3 Å². The van der Waals surface area contributed by atoms with E-state index >= 15 is 0 Å². The van der Waals surface area contributed by atoms with Gasteiger partial charge >= 0.3 is 11.9 Å². The summed E-state index contributed by atoms with van der Waals surface area (Å²) < 4.78 is 11.2. The van der Waals surface area contributed by atoms with Gasteiger partial charge < -0.3 is 14.4 Å². The number of aromatic nitrogens is 3. The Balaban J connectivity index is 1.27. The molecule has 212 valence electrons. The molecule has 2 aliphatic rings. The fourth-order valence-corrected chi connectivity index (χ4v) is 6.42. The number of nitro groups is 2.